The van der Waals surface area contributed by atoms with E-state index in [1.807, 2.05) is 24.5 Å². The lowest BCUT2D eigenvalue weighted by Crippen LogP contribution is -2.11. The van der Waals surface area contributed by atoms with Crippen LogP contribution in [0.5, 0.6) is 5.75 Å². The number of rotatable bonds is 7. The Balaban J connectivity index is 1.43. The van der Waals surface area contributed by atoms with Crippen LogP contribution in [0.2, 0.25) is 0 Å². The van der Waals surface area contributed by atoms with Crippen LogP contribution in [0.15, 0.2) is 61.2 Å². The Bertz CT molecular complexity index is 1740. The second-order valence-electron chi connectivity index (χ2n) is 8.58. The Kier molecular flexibility index (Phi) is 5.78. The van der Waals surface area contributed by atoms with Gasteiger partial charge in [0.15, 0.2) is 17.1 Å². The third-order valence-corrected chi connectivity index (χ3v) is 6.16. The standard InChI is InChI=1S/C27H23FN8O/c1-3-29-11-15-6-17(13-30-12-15)18-9-22-24(35-36-25(22)32-14-18)27-33-23-21(4-5-31-26(23)34-27)16-7-19(28)10-20(8-16)37-2/h4-10,12-14,29H,3,11H2,1-2H3,(H,31,33,34)(H,32,35,36). The first-order valence-corrected chi connectivity index (χ1v) is 11.8. The average molecular weight is 495 g/mol. The van der Waals surface area contributed by atoms with E-state index in [4.69, 9.17) is 9.72 Å². The lowest BCUT2D eigenvalue weighted by atomic mass is 10.1. The van der Waals surface area contributed by atoms with Gasteiger partial charge in [0.1, 0.15) is 17.3 Å². The first-order valence-electron chi connectivity index (χ1n) is 11.8. The first kappa shape index (κ1) is 22.7. The van der Waals surface area contributed by atoms with Gasteiger partial charge in [0.2, 0.25) is 0 Å². The number of fused-ring (bicyclic) bond motifs is 2. The van der Waals surface area contributed by atoms with E-state index in [1.54, 1.807) is 18.5 Å². The van der Waals surface area contributed by atoms with E-state index in [0.29, 0.717) is 39.6 Å². The van der Waals surface area contributed by atoms with Gasteiger partial charge in [-0.2, -0.15) is 5.10 Å². The van der Waals surface area contributed by atoms with Crippen LogP contribution in [0.4, 0.5) is 4.39 Å². The van der Waals surface area contributed by atoms with Crippen molar-refractivity contribution < 1.29 is 9.13 Å². The van der Waals surface area contributed by atoms with Gasteiger partial charge in [-0.3, -0.25) is 10.1 Å². The van der Waals surface area contributed by atoms with Crippen LogP contribution in [-0.4, -0.2) is 48.8 Å². The lowest BCUT2D eigenvalue weighted by molar-refractivity contribution is 0.411. The molecule has 0 aliphatic carbocycles. The van der Waals surface area contributed by atoms with E-state index in [0.717, 1.165) is 40.7 Å². The van der Waals surface area contributed by atoms with Crippen LogP contribution in [0.3, 0.4) is 0 Å². The molecule has 5 aromatic heterocycles. The zero-order valence-electron chi connectivity index (χ0n) is 20.2. The maximum Gasteiger partial charge on any atom is 0.181 e. The zero-order chi connectivity index (χ0) is 25.4. The Morgan fingerprint density at radius 1 is 0.973 bits per heavy atom. The maximum atomic E-state index is 14.2. The summed E-state index contributed by atoms with van der Waals surface area (Å²) in [6, 6.07) is 10.5. The molecule has 10 heteroatoms. The van der Waals surface area contributed by atoms with Crippen molar-refractivity contribution in [1.82, 2.24) is 40.4 Å². The van der Waals surface area contributed by atoms with Crippen molar-refractivity contribution in [3.8, 4) is 39.5 Å². The van der Waals surface area contributed by atoms with Gasteiger partial charge in [-0.25, -0.2) is 19.3 Å². The number of pyridine rings is 3. The van der Waals surface area contributed by atoms with Crippen LogP contribution < -0.4 is 10.1 Å². The molecule has 37 heavy (non-hydrogen) atoms. The highest BCUT2D eigenvalue weighted by atomic mass is 19.1. The van der Waals surface area contributed by atoms with Crippen molar-refractivity contribution in [1.29, 1.82) is 0 Å². The number of hydrogen-bond donors (Lipinski definition) is 3. The monoisotopic (exact) mass is 494 g/mol. The second kappa shape index (κ2) is 9.40. The van der Waals surface area contributed by atoms with Crippen LogP contribution in [0, 0.1) is 5.82 Å². The van der Waals surface area contributed by atoms with Crippen molar-refractivity contribution in [2.45, 2.75) is 13.5 Å². The van der Waals surface area contributed by atoms with Gasteiger partial charge in [-0.1, -0.05) is 6.92 Å². The largest absolute Gasteiger partial charge is 0.497 e. The summed E-state index contributed by atoms with van der Waals surface area (Å²) >= 11 is 0. The molecule has 0 unspecified atom stereocenters. The van der Waals surface area contributed by atoms with E-state index < -0.39 is 0 Å². The smallest absolute Gasteiger partial charge is 0.181 e. The zero-order valence-corrected chi connectivity index (χ0v) is 20.2. The number of imidazole rings is 1. The van der Waals surface area contributed by atoms with Crippen molar-refractivity contribution >= 4 is 22.2 Å². The molecule has 0 saturated heterocycles. The molecule has 184 valence electrons. The van der Waals surface area contributed by atoms with Crippen molar-refractivity contribution in [3.05, 3.63) is 72.6 Å². The summed E-state index contributed by atoms with van der Waals surface area (Å²) in [5.41, 5.74) is 6.82. The van der Waals surface area contributed by atoms with Crippen LogP contribution >= 0.6 is 0 Å². The lowest BCUT2D eigenvalue weighted by Gasteiger charge is -2.06. The summed E-state index contributed by atoms with van der Waals surface area (Å²) < 4.78 is 19.5. The molecule has 1 aromatic carbocycles. The number of nitrogens with zero attached hydrogens (tertiary/aromatic N) is 5. The number of halogens is 1. The van der Waals surface area contributed by atoms with E-state index in [-0.39, 0.29) is 5.82 Å². The number of ether oxygens (including phenoxy) is 1. The highest BCUT2D eigenvalue weighted by Crippen LogP contribution is 2.33. The molecule has 0 bridgehead atoms. The van der Waals surface area contributed by atoms with E-state index >= 15 is 0 Å². The van der Waals surface area contributed by atoms with Crippen LogP contribution in [0.1, 0.15) is 12.5 Å². The number of aromatic nitrogens is 7. The number of benzene rings is 1. The number of hydrogen-bond acceptors (Lipinski definition) is 7. The Morgan fingerprint density at radius 3 is 2.73 bits per heavy atom. The first-order chi connectivity index (χ1) is 18.1. The van der Waals surface area contributed by atoms with Gasteiger partial charge in [-0.05, 0) is 48.0 Å². The van der Waals surface area contributed by atoms with Gasteiger partial charge in [0.05, 0.1) is 18.0 Å². The minimum atomic E-state index is -0.388. The van der Waals surface area contributed by atoms with Gasteiger partial charge in [0.25, 0.3) is 0 Å². The normalized spacial score (nSPS) is 11.4. The Morgan fingerprint density at radius 2 is 1.86 bits per heavy atom. The SMILES string of the molecule is CCNCc1cncc(-c2cnc3n[nH]c(-c4nc5nccc(-c6cc(F)cc(OC)c6)c5[nH]4)c3c2)c1. The topological polar surface area (TPSA) is 117 Å². The molecule has 0 atom stereocenters. The summed E-state index contributed by atoms with van der Waals surface area (Å²) in [6.07, 6.45) is 7.12. The van der Waals surface area contributed by atoms with E-state index in [2.05, 4.69) is 48.4 Å². The summed E-state index contributed by atoms with van der Waals surface area (Å²) in [4.78, 5) is 21.4. The number of nitrogens with one attached hydrogen (secondary N) is 3. The van der Waals surface area contributed by atoms with Crippen molar-refractivity contribution in [3.63, 3.8) is 0 Å². The fourth-order valence-electron chi connectivity index (χ4n) is 4.36. The molecule has 9 nitrogen and oxygen atoms in total. The molecule has 0 spiro atoms. The van der Waals surface area contributed by atoms with Gasteiger partial charge < -0.3 is 15.0 Å². The number of aromatic amines is 2. The molecule has 0 fully saturated rings. The van der Waals surface area contributed by atoms with E-state index in [1.165, 1.54) is 19.2 Å². The van der Waals surface area contributed by atoms with Gasteiger partial charge >= 0.3 is 0 Å². The molecule has 0 aliphatic rings. The van der Waals surface area contributed by atoms with E-state index in [9.17, 15) is 4.39 Å². The predicted octanol–water partition coefficient (Wildman–Crippen LogP) is 4.88. The molecule has 6 rings (SSSR count). The Labute approximate surface area is 211 Å². The summed E-state index contributed by atoms with van der Waals surface area (Å²) in [6.45, 7) is 3.70. The highest BCUT2D eigenvalue weighted by molar-refractivity contribution is 5.96. The summed E-state index contributed by atoms with van der Waals surface area (Å²) in [5.74, 6) is 0.599. The molecule has 0 amide bonds. The Hall–Kier alpha value is -4.70. The molecule has 0 aliphatic heterocycles. The predicted molar refractivity (Wildman–Crippen MR) is 139 cm³/mol. The quantitative estimate of drug-likeness (QED) is 0.289. The molecular formula is C27H23FN8O. The average Bonchev–Trinajstić information content (AvgIpc) is 3.55. The molecule has 6 aromatic rings. The molecule has 5 heterocycles. The minimum Gasteiger partial charge on any atom is -0.497 e. The highest BCUT2D eigenvalue weighted by Gasteiger charge is 2.17. The molecular weight excluding hydrogens is 471 g/mol. The molecule has 0 saturated carbocycles. The van der Waals surface area contributed by atoms with Crippen molar-refractivity contribution in [2.75, 3.05) is 13.7 Å². The minimum absolute atomic E-state index is 0.388. The summed E-state index contributed by atoms with van der Waals surface area (Å²) in [5, 5.41) is 11.5. The number of H-pyrrole nitrogens is 2. The number of methoxy groups -OCH3 is 1. The third kappa shape index (κ3) is 4.27. The fourth-order valence-corrected chi connectivity index (χ4v) is 4.36. The van der Waals surface area contributed by atoms with Gasteiger partial charge in [0, 0.05) is 54.1 Å². The molecule has 3 N–H and O–H groups in total. The maximum absolute atomic E-state index is 14.2. The fraction of sp³-hybridized carbons (Fsp3) is 0.148. The summed E-state index contributed by atoms with van der Waals surface area (Å²) in [7, 11) is 1.51. The second-order valence-corrected chi connectivity index (χ2v) is 8.58. The van der Waals surface area contributed by atoms with Crippen LogP contribution in [-0.2, 0) is 6.54 Å². The van der Waals surface area contributed by atoms with Gasteiger partial charge in [-0.15, -0.1) is 0 Å². The van der Waals surface area contributed by atoms with Crippen molar-refractivity contribution in [2.24, 2.45) is 0 Å². The third-order valence-electron chi connectivity index (χ3n) is 6.16. The van der Waals surface area contributed by atoms with Crippen LogP contribution in [0.25, 0.3) is 56.0 Å². The molecule has 0 radical (unpaired) electrons.